The van der Waals surface area contributed by atoms with Crippen LogP contribution in [0, 0.1) is 0 Å². The van der Waals surface area contributed by atoms with Gasteiger partial charge in [0.1, 0.15) is 10.9 Å². The Morgan fingerprint density at radius 3 is 2.90 bits per heavy atom. The van der Waals surface area contributed by atoms with Gasteiger partial charge >= 0.3 is 0 Å². The van der Waals surface area contributed by atoms with E-state index in [1.165, 1.54) is 0 Å². The lowest BCUT2D eigenvalue weighted by atomic mass is 9.98. The second-order valence-corrected chi connectivity index (χ2v) is 5.81. The second-order valence-electron chi connectivity index (χ2n) is 4.99. The molecule has 21 heavy (non-hydrogen) atoms. The van der Waals surface area contributed by atoms with Crippen LogP contribution in [0.15, 0.2) is 30.5 Å². The Labute approximate surface area is 133 Å². The number of hydrogen-bond donors (Lipinski definition) is 2. The zero-order valence-electron chi connectivity index (χ0n) is 11.3. The summed E-state index contributed by atoms with van der Waals surface area (Å²) in [7, 11) is 0. The molecule has 1 aromatic carbocycles. The van der Waals surface area contributed by atoms with Crippen LogP contribution < -0.4 is 16.0 Å². The molecule has 2 heterocycles. The van der Waals surface area contributed by atoms with Crippen LogP contribution in [0.4, 0.5) is 0 Å². The number of aromatic nitrogens is 1. The number of hydrogen-bond acceptors (Lipinski definition) is 4. The van der Waals surface area contributed by atoms with Gasteiger partial charge in [-0.05, 0) is 41.3 Å². The van der Waals surface area contributed by atoms with Crippen LogP contribution in [0.2, 0.25) is 10.2 Å². The normalized spacial score (nSPS) is 14.6. The molecular formula is C15H15Cl2N3O. The molecule has 1 unspecified atom stereocenters. The molecule has 1 aromatic heterocycles. The number of nitrogens with zero attached hydrogens (tertiary/aromatic N) is 1. The van der Waals surface area contributed by atoms with E-state index in [9.17, 15) is 0 Å². The summed E-state index contributed by atoms with van der Waals surface area (Å²) < 4.78 is 5.72. The molecule has 0 amide bonds. The predicted octanol–water partition coefficient (Wildman–Crippen LogP) is 3.07. The molecule has 0 fully saturated rings. The summed E-state index contributed by atoms with van der Waals surface area (Å²) >= 11 is 12.0. The van der Waals surface area contributed by atoms with Gasteiger partial charge in [-0.3, -0.25) is 11.3 Å². The average molecular weight is 324 g/mol. The first-order valence-electron chi connectivity index (χ1n) is 6.69. The van der Waals surface area contributed by atoms with E-state index in [-0.39, 0.29) is 6.04 Å². The Hall–Kier alpha value is -1.33. The third-order valence-corrected chi connectivity index (χ3v) is 4.04. The van der Waals surface area contributed by atoms with Gasteiger partial charge in [0.15, 0.2) is 0 Å². The van der Waals surface area contributed by atoms with Crippen molar-refractivity contribution >= 4 is 23.2 Å². The van der Waals surface area contributed by atoms with E-state index < -0.39 is 0 Å². The minimum Gasteiger partial charge on any atom is -0.493 e. The fourth-order valence-electron chi connectivity index (χ4n) is 2.58. The van der Waals surface area contributed by atoms with Crippen molar-refractivity contribution in [3.8, 4) is 5.75 Å². The largest absolute Gasteiger partial charge is 0.493 e. The molecule has 110 valence electrons. The SMILES string of the molecule is NNC(Cc1cc(Cl)cc2c1OCC2)c1ccc(Cl)nc1. The van der Waals surface area contributed by atoms with Crippen molar-refractivity contribution in [1.82, 2.24) is 10.4 Å². The van der Waals surface area contributed by atoms with Crippen LogP contribution in [-0.4, -0.2) is 11.6 Å². The first-order chi connectivity index (χ1) is 10.2. The minimum absolute atomic E-state index is 0.0819. The van der Waals surface area contributed by atoms with Crippen molar-refractivity contribution in [1.29, 1.82) is 0 Å². The third-order valence-electron chi connectivity index (χ3n) is 3.60. The summed E-state index contributed by atoms with van der Waals surface area (Å²) in [6.07, 6.45) is 3.29. The molecule has 1 aliphatic heterocycles. The number of halogens is 2. The van der Waals surface area contributed by atoms with E-state index in [2.05, 4.69) is 10.4 Å². The zero-order chi connectivity index (χ0) is 14.8. The molecule has 1 atom stereocenters. The van der Waals surface area contributed by atoms with Crippen molar-refractivity contribution in [3.63, 3.8) is 0 Å². The van der Waals surface area contributed by atoms with Crippen LogP contribution in [0.1, 0.15) is 22.7 Å². The van der Waals surface area contributed by atoms with E-state index in [0.29, 0.717) is 18.2 Å². The molecule has 1 aliphatic rings. The monoisotopic (exact) mass is 323 g/mol. The third kappa shape index (κ3) is 3.14. The van der Waals surface area contributed by atoms with Gasteiger partial charge in [-0.2, -0.15) is 0 Å². The topological polar surface area (TPSA) is 60.2 Å². The van der Waals surface area contributed by atoms with Crippen LogP contribution >= 0.6 is 23.2 Å². The molecule has 0 radical (unpaired) electrons. The molecule has 3 N–H and O–H groups in total. The van der Waals surface area contributed by atoms with Gasteiger partial charge < -0.3 is 4.74 Å². The summed E-state index contributed by atoms with van der Waals surface area (Å²) in [5.74, 6) is 6.62. The highest BCUT2D eigenvalue weighted by Crippen LogP contribution is 2.35. The summed E-state index contributed by atoms with van der Waals surface area (Å²) in [5.41, 5.74) is 5.99. The lowest BCUT2D eigenvalue weighted by Crippen LogP contribution is -2.29. The molecule has 3 rings (SSSR count). The van der Waals surface area contributed by atoms with Gasteiger partial charge in [0.25, 0.3) is 0 Å². The second kappa shape index (κ2) is 6.20. The van der Waals surface area contributed by atoms with Gasteiger partial charge in [-0.1, -0.05) is 29.3 Å². The standard InChI is InChI=1S/C15H15Cl2N3O/c16-12-5-9-3-4-21-15(9)11(6-12)7-13(20-18)10-1-2-14(17)19-8-10/h1-2,5-6,8,13,20H,3-4,7,18H2. The molecule has 2 aromatic rings. The van der Waals surface area contributed by atoms with Crippen molar-refractivity contribution in [2.45, 2.75) is 18.9 Å². The summed E-state index contributed by atoms with van der Waals surface area (Å²) in [4.78, 5) is 4.09. The first kappa shape index (κ1) is 14.6. The van der Waals surface area contributed by atoms with Crippen molar-refractivity contribution in [3.05, 3.63) is 57.3 Å². The van der Waals surface area contributed by atoms with Gasteiger partial charge in [0.05, 0.1) is 12.6 Å². The summed E-state index contributed by atoms with van der Waals surface area (Å²) in [6, 6.07) is 7.47. The minimum atomic E-state index is -0.0819. The van der Waals surface area contributed by atoms with Gasteiger partial charge in [0, 0.05) is 17.6 Å². The van der Waals surface area contributed by atoms with Crippen molar-refractivity contribution in [2.75, 3.05) is 6.61 Å². The van der Waals surface area contributed by atoms with Gasteiger partial charge in [0.2, 0.25) is 0 Å². The van der Waals surface area contributed by atoms with E-state index in [1.54, 1.807) is 12.3 Å². The smallest absolute Gasteiger partial charge is 0.129 e. The average Bonchev–Trinajstić information content (AvgIpc) is 2.94. The summed E-state index contributed by atoms with van der Waals surface area (Å²) in [5, 5.41) is 1.18. The van der Waals surface area contributed by atoms with Crippen LogP contribution in [0.3, 0.4) is 0 Å². The molecule has 0 bridgehead atoms. The number of nitrogens with two attached hydrogens (primary N) is 1. The number of hydrazine groups is 1. The van der Waals surface area contributed by atoms with Gasteiger partial charge in [-0.25, -0.2) is 4.98 Å². The maximum absolute atomic E-state index is 6.18. The Morgan fingerprint density at radius 1 is 1.33 bits per heavy atom. The maximum atomic E-state index is 6.18. The Kier molecular flexibility index (Phi) is 4.31. The number of ether oxygens (including phenoxy) is 1. The molecule has 6 heteroatoms. The van der Waals surface area contributed by atoms with Gasteiger partial charge in [-0.15, -0.1) is 0 Å². The molecule has 0 spiro atoms. The van der Waals surface area contributed by atoms with E-state index in [1.807, 2.05) is 18.2 Å². The number of benzene rings is 1. The van der Waals surface area contributed by atoms with E-state index in [4.69, 9.17) is 33.8 Å². The number of fused-ring (bicyclic) bond motifs is 1. The van der Waals surface area contributed by atoms with Crippen molar-refractivity contribution < 1.29 is 4.74 Å². The molecular weight excluding hydrogens is 309 g/mol. The number of nitrogens with one attached hydrogen (secondary N) is 1. The highest BCUT2D eigenvalue weighted by Gasteiger charge is 2.20. The lowest BCUT2D eigenvalue weighted by molar-refractivity contribution is 0.351. The molecule has 0 saturated heterocycles. The molecule has 0 saturated carbocycles. The molecule has 4 nitrogen and oxygen atoms in total. The van der Waals surface area contributed by atoms with Crippen LogP contribution in [-0.2, 0) is 12.8 Å². The Morgan fingerprint density at radius 2 is 2.19 bits per heavy atom. The maximum Gasteiger partial charge on any atom is 0.129 e. The Balaban J connectivity index is 1.89. The van der Waals surface area contributed by atoms with E-state index >= 15 is 0 Å². The van der Waals surface area contributed by atoms with Crippen LogP contribution in [0.5, 0.6) is 5.75 Å². The highest BCUT2D eigenvalue weighted by molar-refractivity contribution is 6.30. The fraction of sp³-hybridized carbons (Fsp3) is 0.267. The van der Waals surface area contributed by atoms with E-state index in [0.717, 1.165) is 33.9 Å². The predicted molar refractivity (Wildman–Crippen MR) is 83.7 cm³/mol. The number of pyridine rings is 1. The molecule has 0 aliphatic carbocycles. The Bertz CT molecular complexity index is 646. The fourth-order valence-corrected chi connectivity index (χ4v) is 2.96. The number of rotatable bonds is 4. The van der Waals surface area contributed by atoms with Crippen molar-refractivity contribution in [2.24, 2.45) is 5.84 Å². The summed E-state index contributed by atoms with van der Waals surface area (Å²) in [6.45, 7) is 0.700. The lowest BCUT2D eigenvalue weighted by Gasteiger charge is -2.18. The quantitative estimate of drug-likeness (QED) is 0.515. The van der Waals surface area contributed by atoms with Crippen LogP contribution in [0.25, 0.3) is 0 Å². The highest BCUT2D eigenvalue weighted by atomic mass is 35.5. The first-order valence-corrected chi connectivity index (χ1v) is 7.44. The zero-order valence-corrected chi connectivity index (χ0v) is 12.8.